The number of carbonyl (C=O) groups excluding carboxylic acids is 1. The minimum absolute atomic E-state index is 0.0278. The summed E-state index contributed by atoms with van der Waals surface area (Å²) < 4.78 is 0. The summed E-state index contributed by atoms with van der Waals surface area (Å²) in [4.78, 5) is 24.3. The molecule has 6 nitrogen and oxygen atoms in total. The molecule has 1 aromatic carbocycles. The molecule has 0 bridgehead atoms. The molecule has 0 saturated carbocycles. The molecular formula is C18H21N5O. The number of piperidine rings is 1. The Morgan fingerprint density at radius 3 is 2.50 bits per heavy atom. The van der Waals surface area contributed by atoms with Crippen LogP contribution in [0.2, 0.25) is 0 Å². The highest BCUT2D eigenvalue weighted by atomic mass is 16.2. The summed E-state index contributed by atoms with van der Waals surface area (Å²) in [6.07, 6.45) is 5.39. The summed E-state index contributed by atoms with van der Waals surface area (Å²) in [6, 6.07) is 10.1. The average molecular weight is 323 g/mol. The third-order valence-electron chi connectivity index (χ3n) is 5.31. The summed E-state index contributed by atoms with van der Waals surface area (Å²) >= 11 is 0. The fourth-order valence-corrected chi connectivity index (χ4v) is 4.07. The van der Waals surface area contributed by atoms with Crippen molar-refractivity contribution in [3.05, 3.63) is 53.9 Å². The van der Waals surface area contributed by atoms with Crippen LogP contribution in [0.5, 0.6) is 0 Å². The summed E-state index contributed by atoms with van der Waals surface area (Å²) in [5.74, 6) is 0.767. The van der Waals surface area contributed by atoms with Crippen molar-refractivity contribution in [1.82, 2.24) is 14.9 Å². The maximum Gasteiger partial charge on any atom is 0.314 e. The Bertz CT molecular complexity index is 740. The molecular weight excluding hydrogens is 302 g/mol. The van der Waals surface area contributed by atoms with Crippen molar-refractivity contribution in [3.63, 3.8) is 0 Å². The molecule has 0 atom stereocenters. The molecule has 1 spiro atoms. The second kappa shape index (κ2) is 5.78. The van der Waals surface area contributed by atoms with Crippen LogP contribution in [0.4, 0.5) is 10.7 Å². The number of benzene rings is 1. The first-order valence-corrected chi connectivity index (χ1v) is 8.33. The van der Waals surface area contributed by atoms with Gasteiger partial charge in [-0.3, -0.25) is 0 Å². The van der Waals surface area contributed by atoms with E-state index in [1.165, 1.54) is 11.1 Å². The monoisotopic (exact) mass is 323 g/mol. The van der Waals surface area contributed by atoms with Crippen LogP contribution in [0.3, 0.4) is 0 Å². The van der Waals surface area contributed by atoms with Crippen LogP contribution in [0.1, 0.15) is 24.0 Å². The van der Waals surface area contributed by atoms with Gasteiger partial charge < -0.3 is 15.5 Å². The smallest absolute Gasteiger partial charge is 0.314 e. The summed E-state index contributed by atoms with van der Waals surface area (Å²) in [7, 11) is 0. The van der Waals surface area contributed by atoms with E-state index in [1.54, 1.807) is 17.3 Å². The van der Waals surface area contributed by atoms with Crippen LogP contribution in [-0.2, 0) is 12.0 Å². The molecule has 0 unspecified atom stereocenters. The van der Waals surface area contributed by atoms with Gasteiger partial charge >= 0.3 is 6.03 Å². The Morgan fingerprint density at radius 2 is 1.79 bits per heavy atom. The summed E-state index contributed by atoms with van der Waals surface area (Å²) in [5.41, 5.74) is 8.21. The second-order valence-corrected chi connectivity index (χ2v) is 6.67. The molecule has 1 fully saturated rings. The van der Waals surface area contributed by atoms with Gasteiger partial charge in [0.2, 0.25) is 5.95 Å². The van der Waals surface area contributed by atoms with E-state index in [-0.39, 0.29) is 11.4 Å². The molecule has 4 rings (SSSR count). The fraction of sp³-hybridized carbons (Fsp3) is 0.389. The van der Waals surface area contributed by atoms with Crippen LogP contribution in [0, 0.1) is 0 Å². The molecule has 2 aromatic rings. The van der Waals surface area contributed by atoms with Gasteiger partial charge in [-0.05, 0) is 30.0 Å². The standard InChI is InChI=1S/C18H21N5O/c19-16(24)22-10-6-18(7-11-22)13-23(17-20-8-3-9-21-17)12-14-4-1-2-5-15(14)18/h1-5,8-9H,6-7,10-13H2,(H2,19,24). The fourth-order valence-electron chi connectivity index (χ4n) is 4.07. The van der Waals surface area contributed by atoms with E-state index in [1.807, 2.05) is 6.07 Å². The Morgan fingerprint density at radius 1 is 1.08 bits per heavy atom. The van der Waals surface area contributed by atoms with Crippen LogP contribution in [0.15, 0.2) is 42.7 Å². The number of anilines is 1. The van der Waals surface area contributed by atoms with Crippen molar-refractivity contribution >= 4 is 12.0 Å². The van der Waals surface area contributed by atoms with Crippen LogP contribution >= 0.6 is 0 Å². The number of carbonyl (C=O) groups is 1. The number of amides is 2. The zero-order valence-corrected chi connectivity index (χ0v) is 13.6. The van der Waals surface area contributed by atoms with Crippen molar-refractivity contribution in [3.8, 4) is 0 Å². The van der Waals surface area contributed by atoms with Crippen molar-refractivity contribution in [2.45, 2.75) is 24.8 Å². The van der Waals surface area contributed by atoms with E-state index in [2.05, 4.69) is 39.1 Å². The van der Waals surface area contributed by atoms with Crippen LogP contribution in [-0.4, -0.2) is 40.5 Å². The van der Waals surface area contributed by atoms with Gasteiger partial charge in [0, 0.05) is 44.0 Å². The molecule has 24 heavy (non-hydrogen) atoms. The zero-order valence-electron chi connectivity index (χ0n) is 13.6. The maximum atomic E-state index is 11.5. The first-order valence-electron chi connectivity index (χ1n) is 8.33. The third kappa shape index (κ3) is 2.48. The predicted molar refractivity (Wildman–Crippen MR) is 91.6 cm³/mol. The Balaban J connectivity index is 1.69. The summed E-state index contributed by atoms with van der Waals surface area (Å²) in [5, 5.41) is 0. The number of rotatable bonds is 1. The van der Waals surface area contributed by atoms with E-state index in [9.17, 15) is 4.79 Å². The predicted octanol–water partition coefficient (Wildman–Crippen LogP) is 1.91. The number of nitrogens with two attached hydrogens (primary N) is 1. The number of urea groups is 1. The van der Waals surface area contributed by atoms with Gasteiger partial charge in [-0.15, -0.1) is 0 Å². The van der Waals surface area contributed by atoms with Crippen molar-refractivity contribution in [2.24, 2.45) is 5.73 Å². The Hall–Kier alpha value is -2.63. The molecule has 0 aliphatic carbocycles. The van der Waals surface area contributed by atoms with Gasteiger partial charge in [0.1, 0.15) is 0 Å². The Labute approximate surface area is 141 Å². The molecule has 2 aliphatic heterocycles. The van der Waals surface area contributed by atoms with Gasteiger partial charge in [0.15, 0.2) is 0 Å². The van der Waals surface area contributed by atoms with Gasteiger partial charge in [-0.2, -0.15) is 0 Å². The van der Waals surface area contributed by atoms with Crippen molar-refractivity contribution < 1.29 is 4.79 Å². The number of hydrogen-bond acceptors (Lipinski definition) is 4. The van der Waals surface area contributed by atoms with E-state index in [4.69, 9.17) is 5.73 Å². The highest BCUT2D eigenvalue weighted by molar-refractivity contribution is 5.72. The van der Waals surface area contributed by atoms with Crippen molar-refractivity contribution in [2.75, 3.05) is 24.5 Å². The van der Waals surface area contributed by atoms with Crippen LogP contribution in [0.25, 0.3) is 0 Å². The lowest BCUT2D eigenvalue weighted by Crippen LogP contribution is -2.54. The van der Waals surface area contributed by atoms with Gasteiger partial charge in [0.05, 0.1) is 0 Å². The van der Waals surface area contributed by atoms with Gasteiger partial charge in [-0.1, -0.05) is 24.3 Å². The first-order chi connectivity index (χ1) is 11.7. The van der Waals surface area contributed by atoms with Gasteiger partial charge in [0.25, 0.3) is 0 Å². The number of fused-ring (bicyclic) bond motifs is 2. The molecule has 3 heterocycles. The quantitative estimate of drug-likeness (QED) is 0.870. The lowest BCUT2D eigenvalue weighted by molar-refractivity contribution is 0.163. The highest BCUT2D eigenvalue weighted by Crippen LogP contribution is 2.42. The normalized spacial score (nSPS) is 19.2. The molecule has 2 aliphatic rings. The van der Waals surface area contributed by atoms with E-state index < -0.39 is 0 Å². The largest absolute Gasteiger partial charge is 0.351 e. The Kier molecular flexibility index (Phi) is 3.59. The number of likely N-dealkylation sites (tertiary alicyclic amines) is 1. The van der Waals surface area contributed by atoms with Crippen LogP contribution < -0.4 is 10.6 Å². The third-order valence-corrected chi connectivity index (χ3v) is 5.31. The number of nitrogens with zero attached hydrogens (tertiary/aromatic N) is 4. The molecule has 0 radical (unpaired) electrons. The average Bonchev–Trinajstić information content (AvgIpc) is 2.63. The minimum Gasteiger partial charge on any atom is -0.351 e. The molecule has 6 heteroatoms. The number of hydrogen-bond donors (Lipinski definition) is 1. The van der Waals surface area contributed by atoms with E-state index in [0.717, 1.165) is 31.9 Å². The van der Waals surface area contributed by atoms with E-state index >= 15 is 0 Å². The van der Waals surface area contributed by atoms with E-state index in [0.29, 0.717) is 13.1 Å². The first kappa shape index (κ1) is 14.9. The molecule has 1 aromatic heterocycles. The maximum absolute atomic E-state index is 11.5. The highest BCUT2D eigenvalue weighted by Gasteiger charge is 2.42. The minimum atomic E-state index is -0.322. The SMILES string of the molecule is NC(=O)N1CCC2(CC1)CN(c1ncccn1)Cc1ccccc12. The molecule has 2 amide bonds. The molecule has 2 N–H and O–H groups in total. The number of primary amides is 1. The lowest BCUT2D eigenvalue weighted by Gasteiger charge is -2.48. The van der Waals surface area contributed by atoms with Gasteiger partial charge in [-0.25, -0.2) is 14.8 Å². The summed E-state index contributed by atoms with van der Waals surface area (Å²) in [6.45, 7) is 3.10. The second-order valence-electron chi connectivity index (χ2n) is 6.67. The lowest BCUT2D eigenvalue weighted by atomic mass is 9.69. The van der Waals surface area contributed by atoms with Crippen molar-refractivity contribution in [1.29, 1.82) is 0 Å². The topological polar surface area (TPSA) is 75.4 Å². The number of aromatic nitrogens is 2. The zero-order chi connectivity index (χ0) is 16.6. The molecule has 124 valence electrons. The molecule has 1 saturated heterocycles.